The Labute approximate surface area is 137 Å². The minimum absolute atomic E-state index is 0.0880. The largest absolute Gasteiger partial charge is 0.508 e. The van der Waals surface area contributed by atoms with E-state index in [0.717, 1.165) is 0 Å². The van der Waals surface area contributed by atoms with Crippen LogP contribution >= 0.6 is 11.6 Å². The molecule has 1 aromatic heterocycles. The lowest BCUT2D eigenvalue weighted by Gasteiger charge is -1.89. The molecule has 120 valence electrons. The van der Waals surface area contributed by atoms with Crippen molar-refractivity contribution in [1.82, 2.24) is 15.4 Å². The van der Waals surface area contributed by atoms with Crippen LogP contribution < -0.4 is 0 Å². The number of halogens is 1. The molecule has 3 rings (SSSR count). The summed E-state index contributed by atoms with van der Waals surface area (Å²) in [6, 6.07) is 13.3. The summed E-state index contributed by atoms with van der Waals surface area (Å²) in [6.07, 6.45) is 1.48. The number of phenols is 4. The number of nitrogens with zero attached hydrogens (tertiary/aromatic N) is 3. The molecule has 0 spiro atoms. The van der Waals surface area contributed by atoms with Crippen molar-refractivity contribution in [2.24, 2.45) is 0 Å². The summed E-state index contributed by atoms with van der Waals surface area (Å²) < 4.78 is 0. The van der Waals surface area contributed by atoms with Gasteiger partial charge in [0.05, 0.1) is 6.20 Å². The quantitative estimate of drug-likeness (QED) is 0.498. The van der Waals surface area contributed by atoms with Crippen LogP contribution in [-0.4, -0.2) is 35.8 Å². The minimum atomic E-state index is 0.0880. The van der Waals surface area contributed by atoms with Crippen molar-refractivity contribution in [1.29, 1.82) is 0 Å². The highest BCUT2D eigenvalue weighted by Gasteiger charge is 1.86. The lowest BCUT2D eigenvalue weighted by molar-refractivity contribution is 0.449. The van der Waals surface area contributed by atoms with Crippen LogP contribution in [0.4, 0.5) is 0 Å². The zero-order chi connectivity index (χ0) is 17.1. The van der Waals surface area contributed by atoms with E-state index in [9.17, 15) is 0 Å². The van der Waals surface area contributed by atoms with Gasteiger partial charge in [0, 0.05) is 12.1 Å². The first-order valence-electron chi connectivity index (χ1n) is 6.23. The van der Waals surface area contributed by atoms with E-state index in [0.29, 0.717) is 5.15 Å². The smallest absolute Gasteiger partial charge is 0.155 e. The summed E-state index contributed by atoms with van der Waals surface area (Å²) in [5.41, 5.74) is 0. The molecule has 0 saturated carbocycles. The van der Waals surface area contributed by atoms with E-state index >= 15 is 0 Å². The number of hydrogen-bond donors (Lipinski definition) is 4. The van der Waals surface area contributed by atoms with E-state index in [1.807, 2.05) is 0 Å². The molecule has 4 N–H and O–H groups in total. The zero-order valence-electron chi connectivity index (χ0n) is 11.8. The van der Waals surface area contributed by atoms with Crippen molar-refractivity contribution >= 4 is 11.6 Å². The standard InChI is InChI=1S/2C6H6O2.C3H2ClN3/c2*7-5-2-1-3-6(8)4-5;4-3-1-2-5-7-6-3/h2*1-4,7-8H;1-2H. The van der Waals surface area contributed by atoms with E-state index < -0.39 is 0 Å². The normalized spacial score (nSPS) is 8.91. The maximum absolute atomic E-state index is 8.65. The van der Waals surface area contributed by atoms with Gasteiger partial charge < -0.3 is 20.4 Å². The van der Waals surface area contributed by atoms with Gasteiger partial charge in [0.2, 0.25) is 0 Å². The molecule has 23 heavy (non-hydrogen) atoms. The fraction of sp³-hybridized carbons (Fsp3) is 0. The van der Waals surface area contributed by atoms with Crippen LogP contribution in [-0.2, 0) is 0 Å². The fourth-order valence-corrected chi connectivity index (χ4v) is 1.30. The molecule has 0 fully saturated rings. The lowest BCUT2D eigenvalue weighted by Crippen LogP contribution is -1.81. The van der Waals surface area contributed by atoms with Crippen LogP contribution in [0.5, 0.6) is 23.0 Å². The van der Waals surface area contributed by atoms with Crippen molar-refractivity contribution < 1.29 is 20.4 Å². The van der Waals surface area contributed by atoms with Gasteiger partial charge in [0.15, 0.2) is 5.15 Å². The number of aromatic hydroxyl groups is 4. The van der Waals surface area contributed by atoms with Crippen LogP contribution in [0.25, 0.3) is 0 Å². The molecule has 7 nitrogen and oxygen atoms in total. The second-order valence-corrected chi connectivity index (χ2v) is 4.37. The Balaban J connectivity index is 0.000000173. The van der Waals surface area contributed by atoms with Gasteiger partial charge >= 0.3 is 0 Å². The number of benzene rings is 2. The van der Waals surface area contributed by atoms with Crippen molar-refractivity contribution in [2.75, 3.05) is 0 Å². The minimum Gasteiger partial charge on any atom is -0.508 e. The maximum atomic E-state index is 8.65. The SMILES string of the molecule is Clc1ccnnn1.Oc1cccc(O)c1.Oc1cccc(O)c1. The van der Waals surface area contributed by atoms with Gasteiger partial charge in [-0.15, -0.1) is 10.2 Å². The number of rotatable bonds is 0. The first kappa shape index (κ1) is 18.0. The fourth-order valence-electron chi connectivity index (χ4n) is 1.21. The molecular formula is C15H14ClN3O4. The molecule has 3 aromatic rings. The predicted octanol–water partition coefficient (Wildman–Crippen LogP) is 2.72. The first-order valence-corrected chi connectivity index (χ1v) is 6.61. The monoisotopic (exact) mass is 335 g/mol. The molecule has 0 aliphatic heterocycles. The van der Waals surface area contributed by atoms with Gasteiger partial charge in [0.25, 0.3) is 0 Å². The summed E-state index contributed by atoms with van der Waals surface area (Å²) in [5, 5.41) is 45.0. The van der Waals surface area contributed by atoms with Crippen molar-refractivity contribution in [3.05, 3.63) is 65.9 Å². The van der Waals surface area contributed by atoms with E-state index in [1.165, 1.54) is 42.6 Å². The summed E-state index contributed by atoms with van der Waals surface area (Å²) in [7, 11) is 0. The van der Waals surface area contributed by atoms with E-state index in [-0.39, 0.29) is 23.0 Å². The number of aromatic nitrogens is 3. The summed E-state index contributed by atoms with van der Waals surface area (Å²) in [5.74, 6) is 0.352. The Kier molecular flexibility index (Phi) is 7.67. The third-order valence-electron chi connectivity index (χ3n) is 2.13. The molecule has 0 unspecified atom stereocenters. The zero-order valence-corrected chi connectivity index (χ0v) is 12.5. The van der Waals surface area contributed by atoms with Crippen molar-refractivity contribution in [3.63, 3.8) is 0 Å². The molecular weight excluding hydrogens is 322 g/mol. The van der Waals surface area contributed by atoms with Gasteiger partial charge in [-0.05, 0) is 35.5 Å². The molecule has 1 heterocycles. The van der Waals surface area contributed by atoms with Crippen LogP contribution in [0.3, 0.4) is 0 Å². The van der Waals surface area contributed by atoms with Crippen molar-refractivity contribution in [3.8, 4) is 23.0 Å². The second-order valence-electron chi connectivity index (χ2n) is 3.98. The first-order chi connectivity index (χ1) is 11.0. The Morgan fingerprint density at radius 1 is 0.696 bits per heavy atom. The predicted molar refractivity (Wildman–Crippen MR) is 84.4 cm³/mol. The summed E-state index contributed by atoms with van der Waals surface area (Å²) in [6.45, 7) is 0. The van der Waals surface area contributed by atoms with Crippen molar-refractivity contribution in [2.45, 2.75) is 0 Å². The molecule has 0 saturated heterocycles. The van der Waals surface area contributed by atoms with Gasteiger partial charge in [-0.1, -0.05) is 23.7 Å². The lowest BCUT2D eigenvalue weighted by atomic mass is 10.3. The Hall–Kier alpha value is -3.06. The summed E-state index contributed by atoms with van der Waals surface area (Å²) in [4.78, 5) is 0. The van der Waals surface area contributed by atoms with Gasteiger partial charge in [-0.3, -0.25) is 0 Å². The highest BCUT2D eigenvalue weighted by molar-refractivity contribution is 6.29. The Morgan fingerprint density at radius 3 is 1.30 bits per heavy atom. The van der Waals surface area contributed by atoms with Crippen LogP contribution in [0.15, 0.2) is 60.8 Å². The average molecular weight is 336 g/mol. The molecule has 0 aliphatic carbocycles. The molecule has 0 atom stereocenters. The summed E-state index contributed by atoms with van der Waals surface area (Å²) >= 11 is 5.33. The van der Waals surface area contributed by atoms with Crippen LogP contribution in [0.1, 0.15) is 0 Å². The Morgan fingerprint density at radius 2 is 1.13 bits per heavy atom. The van der Waals surface area contributed by atoms with Crippen LogP contribution in [0.2, 0.25) is 5.15 Å². The number of phenolic OH excluding ortho intramolecular Hbond substituents is 4. The topological polar surface area (TPSA) is 120 Å². The van der Waals surface area contributed by atoms with E-state index in [4.69, 9.17) is 32.0 Å². The van der Waals surface area contributed by atoms with E-state index in [2.05, 4.69) is 15.4 Å². The molecule has 2 aromatic carbocycles. The van der Waals surface area contributed by atoms with E-state index in [1.54, 1.807) is 18.2 Å². The highest BCUT2D eigenvalue weighted by Crippen LogP contribution is 2.15. The third kappa shape index (κ3) is 8.74. The third-order valence-corrected chi connectivity index (χ3v) is 2.33. The van der Waals surface area contributed by atoms with Crippen LogP contribution in [0, 0.1) is 0 Å². The highest BCUT2D eigenvalue weighted by atomic mass is 35.5. The van der Waals surface area contributed by atoms with Gasteiger partial charge in [-0.2, -0.15) is 0 Å². The molecule has 0 radical (unpaired) electrons. The molecule has 0 bridgehead atoms. The maximum Gasteiger partial charge on any atom is 0.155 e. The molecule has 8 heteroatoms. The Bertz CT molecular complexity index is 636. The second kappa shape index (κ2) is 9.80. The number of hydrogen-bond acceptors (Lipinski definition) is 7. The average Bonchev–Trinajstić information content (AvgIpc) is 2.49. The van der Waals surface area contributed by atoms with Gasteiger partial charge in [-0.25, -0.2) is 0 Å². The van der Waals surface area contributed by atoms with Gasteiger partial charge in [0.1, 0.15) is 23.0 Å². The molecule has 0 amide bonds. The molecule has 0 aliphatic rings.